The van der Waals surface area contributed by atoms with Crippen LogP contribution < -0.4 is 5.32 Å². The first-order chi connectivity index (χ1) is 31.5. The third-order valence-electron chi connectivity index (χ3n) is 13.9. The molecule has 1 fully saturated rings. The fourth-order valence-corrected chi connectivity index (χ4v) is 14.6. The Morgan fingerprint density at radius 1 is 0.614 bits per heavy atom. The number of alkyl carbamates (subject to hydrolysis) is 1. The van der Waals surface area contributed by atoms with Crippen molar-refractivity contribution in [3.63, 3.8) is 0 Å². The summed E-state index contributed by atoms with van der Waals surface area (Å²) in [6.07, 6.45) is 13.1. The molecule has 17 heteroatoms. The SMILES string of the molecule is CCCCCCCCCCCCCC[C@@H](O[Si](C)(C)C(C)(C)C)[C@@H](CC(C)(C)[Si](C)(C)O)[C@H](CO[C@H]1OC(CO[Si](C)(C)C)[C@H](O[Si](C)(C)C)[C@H](O[Si](C)(C)C)C1O[Si](C)(C)C)NC(=O)OC(C)(C)C. The first kappa shape index (κ1) is 68.3. The minimum atomic E-state index is -2.77. The van der Waals surface area contributed by atoms with Crippen molar-refractivity contribution in [2.24, 2.45) is 5.92 Å². The smallest absolute Gasteiger partial charge is 0.407 e. The number of hydrogen-bond donors (Lipinski definition) is 2. The van der Waals surface area contributed by atoms with E-state index in [0.717, 1.165) is 19.3 Å². The van der Waals surface area contributed by atoms with E-state index in [-0.39, 0.29) is 23.7 Å². The second kappa shape index (κ2) is 28.6. The zero-order valence-corrected chi connectivity index (χ0v) is 56.6. The minimum absolute atomic E-state index is 0.0539. The van der Waals surface area contributed by atoms with Crippen molar-refractivity contribution in [2.75, 3.05) is 13.2 Å². The molecule has 0 radical (unpaired) electrons. The van der Waals surface area contributed by atoms with Gasteiger partial charge in [0.25, 0.3) is 0 Å². The molecule has 11 nitrogen and oxygen atoms in total. The largest absolute Gasteiger partial charge is 0.444 e. The van der Waals surface area contributed by atoms with Gasteiger partial charge in [-0.3, -0.25) is 0 Å². The van der Waals surface area contributed by atoms with Gasteiger partial charge < -0.3 is 46.5 Å². The van der Waals surface area contributed by atoms with Crippen molar-refractivity contribution in [1.82, 2.24) is 5.32 Å². The summed E-state index contributed by atoms with van der Waals surface area (Å²) in [7, 11) is -13.8. The predicted molar refractivity (Wildman–Crippen MR) is 311 cm³/mol. The van der Waals surface area contributed by atoms with Gasteiger partial charge in [0.05, 0.1) is 19.3 Å². The summed E-state index contributed by atoms with van der Waals surface area (Å²) in [4.78, 5) is 26.2. The van der Waals surface area contributed by atoms with Gasteiger partial charge in [-0.15, -0.1) is 0 Å². The predicted octanol–water partition coefficient (Wildman–Crippen LogP) is 15.6. The van der Waals surface area contributed by atoms with Gasteiger partial charge in [-0.1, -0.05) is 119 Å². The highest BCUT2D eigenvalue weighted by Crippen LogP contribution is 2.47. The summed E-state index contributed by atoms with van der Waals surface area (Å²) in [5.74, 6) is -0.244. The molecule has 0 saturated carbocycles. The summed E-state index contributed by atoms with van der Waals surface area (Å²) in [5.41, 5.74) is -0.727. The molecular weight excluding hydrogens is 979 g/mol. The number of ether oxygens (including phenoxy) is 3. The molecule has 70 heavy (non-hydrogen) atoms. The number of amides is 1. The number of carbonyl (C=O) groups is 1. The number of carbonyl (C=O) groups excluding carboxylic acids is 1. The molecule has 1 heterocycles. The molecule has 0 aliphatic carbocycles. The standard InChI is InChI=1S/C53H117NO10Si6/c1-26-27-28-29-30-31-32-33-34-35-36-37-38-44(61-70(24,25)52(5,6)7)42(39-53(8,9)69(22,23)56)43(54-50(55)60-51(2,3)4)40-57-49-48(64-68(19,20)21)47(63-67(16,17)18)46(62-66(13,14)15)45(59-49)41-58-65(10,11)12/h42-49,56H,26-41H2,1-25H3,(H,54,55)/t42-,43-,44+,45?,46-,47-,48?,49-/m0/s1. The van der Waals surface area contributed by atoms with Gasteiger partial charge in [-0.25, -0.2) is 4.79 Å². The van der Waals surface area contributed by atoms with Gasteiger partial charge in [0.15, 0.2) is 56.2 Å². The fraction of sp³-hybridized carbons (Fsp3) is 0.981. The highest BCUT2D eigenvalue weighted by atomic mass is 28.4. The normalized spacial score (nSPS) is 21.9. The van der Waals surface area contributed by atoms with Gasteiger partial charge in [0.2, 0.25) is 0 Å². The van der Waals surface area contributed by atoms with E-state index in [0.29, 0.717) is 13.0 Å². The van der Waals surface area contributed by atoms with Crippen LogP contribution in [0.25, 0.3) is 0 Å². The molecular formula is C53H117NO10Si6. The lowest BCUT2D eigenvalue weighted by molar-refractivity contribution is -0.292. The molecule has 0 bridgehead atoms. The molecule has 1 saturated heterocycles. The Bertz CT molecular complexity index is 1470. The van der Waals surface area contributed by atoms with Crippen molar-refractivity contribution in [2.45, 2.75) is 315 Å². The van der Waals surface area contributed by atoms with Crippen molar-refractivity contribution >= 4 is 56.0 Å². The lowest BCUT2D eigenvalue weighted by atomic mass is 9.83. The van der Waals surface area contributed by atoms with Crippen molar-refractivity contribution in [1.29, 1.82) is 0 Å². The zero-order valence-electron chi connectivity index (χ0n) is 50.6. The van der Waals surface area contributed by atoms with Crippen LogP contribution in [0.15, 0.2) is 0 Å². The van der Waals surface area contributed by atoms with Crippen LogP contribution in [0.1, 0.15) is 152 Å². The average Bonchev–Trinajstić information content (AvgIpc) is 3.13. The number of hydrogen-bond acceptors (Lipinski definition) is 10. The van der Waals surface area contributed by atoms with E-state index >= 15 is 0 Å². The molecule has 0 spiro atoms. The molecule has 1 aliphatic rings. The second-order valence-corrected chi connectivity index (χ2v) is 55.7. The van der Waals surface area contributed by atoms with Crippen LogP contribution in [0.5, 0.6) is 0 Å². The van der Waals surface area contributed by atoms with E-state index in [1.807, 2.05) is 33.9 Å². The molecule has 1 amide bonds. The van der Waals surface area contributed by atoms with Crippen LogP contribution >= 0.6 is 0 Å². The topological polar surface area (TPSA) is 123 Å². The van der Waals surface area contributed by atoms with Crippen LogP contribution in [0.3, 0.4) is 0 Å². The number of unbranched alkanes of at least 4 members (excludes halogenated alkanes) is 11. The third kappa shape index (κ3) is 27.9. The van der Waals surface area contributed by atoms with Gasteiger partial charge >= 0.3 is 6.09 Å². The van der Waals surface area contributed by atoms with Gasteiger partial charge in [0.1, 0.15) is 30.0 Å². The Morgan fingerprint density at radius 3 is 1.47 bits per heavy atom. The maximum absolute atomic E-state index is 14.2. The quantitative estimate of drug-likeness (QED) is 0.0485. The molecule has 1 rings (SSSR count). The minimum Gasteiger partial charge on any atom is -0.444 e. The Hall–Kier alpha value is 0.251. The molecule has 418 valence electrons. The van der Waals surface area contributed by atoms with Crippen molar-refractivity contribution in [3.05, 3.63) is 0 Å². The summed E-state index contributed by atoms with van der Waals surface area (Å²) >= 11 is 0. The first-order valence-corrected chi connectivity index (χ1v) is 47.3. The van der Waals surface area contributed by atoms with Crippen LogP contribution in [0, 0.1) is 5.92 Å². The highest BCUT2D eigenvalue weighted by Gasteiger charge is 2.53. The summed E-state index contributed by atoms with van der Waals surface area (Å²) in [6, 6.07) is -0.572. The van der Waals surface area contributed by atoms with E-state index in [1.165, 1.54) is 64.2 Å². The molecule has 0 aromatic rings. The zero-order chi connectivity index (χ0) is 54.4. The van der Waals surface area contributed by atoms with E-state index in [9.17, 15) is 9.59 Å². The van der Waals surface area contributed by atoms with E-state index in [2.05, 4.69) is 139 Å². The van der Waals surface area contributed by atoms with E-state index < -0.39 is 103 Å². The third-order valence-corrected chi connectivity index (χ3v) is 25.9. The maximum Gasteiger partial charge on any atom is 0.407 e. The summed E-state index contributed by atoms with van der Waals surface area (Å²) in [6.45, 7) is 54.7. The number of rotatable bonds is 33. The van der Waals surface area contributed by atoms with Crippen LogP contribution in [0.2, 0.25) is 115 Å². The highest BCUT2D eigenvalue weighted by molar-refractivity contribution is 6.74. The van der Waals surface area contributed by atoms with Crippen molar-refractivity contribution in [3.8, 4) is 0 Å². The molecule has 8 atom stereocenters. The van der Waals surface area contributed by atoms with Crippen LogP contribution in [-0.4, -0.2) is 122 Å². The lowest BCUT2D eigenvalue weighted by Gasteiger charge is -2.51. The van der Waals surface area contributed by atoms with Gasteiger partial charge in [-0.2, -0.15) is 0 Å². The molecule has 2 unspecified atom stereocenters. The first-order valence-electron chi connectivity index (χ1n) is 27.8. The average molecular weight is 1100 g/mol. The Kier molecular flexibility index (Phi) is 27.9. The van der Waals surface area contributed by atoms with Crippen LogP contribution in [-0.2, 0) is 36.3 Å². The Morgan fingerprint density at radius 2 is 1.06 bits per heavy atom. The van der Waals surface area contributed by atoms with E-state index in [4.69, 9.17) is 36.3 Å². The summed E-state index contributed by atoms with van der Waals surface area (Å²) in [5, 5.41) is 2.88. The van der Waals surface area contributed by atoms with E-state index in [1.54, 1.807) is 0 Å². The molecule has 0 aromatic heterocycles. The molecule has 2 N–H and O–H groups in total. The lowest BCUT2D eigenvalue weighted by Crippen LogP contribution is -2.66. The Labute approximate surface area is 439 Å². The van der Waals surface area contributed by atoms with Gasteiger partial charge in [0, 0.05) is 12.0 Å². The fourth-order valence-electron chi connectivity index (χ4n) is 8.51. The number of nitrogens with one attached hydrogen (secondary N) is 1. The summed E-state index contributed by atoms with van der Waals surface area (Å²) < 4.78 is 56.1. The van der Waals surface area contributed by atoms with Crippen LogP contribution in [0.4, 0.5) is 4.79 Å². The van der Waals surface area contributed by atoms with Crippen molar-refractivity contribution < 1.29 is 45.9 Å². The van der Waals surface area contributed by atoms with Gasteiger partial charge in [-0.05, 0) is 148 Å². The Balaban J connectivity index is 4.03. The second-order valence-electron chi connectivity index (χ2n) is 28.5. The molecule has 0 aromatic carbocycles. The monoisotopic (exact) mass is 1100 g/mol. The maximum atomic E-state index is 14.2. The molecule has 1 aliphatic heterocycles.